The third-order valence-corrected chi connectivity index (χ3v) is 3.35. The fraction of sp³-hybridized carbons (Fsp3) is 0.583. The Bertz CT molecular complexity index is 285. The smallest absolute Gasteiger partial charge is 0.136 e. The van der Waals surface area contributed by atoms with Crippen LogP contribution in [-0.4, -0.2) is 5.78 Å². The normalized spacial score (nSPS) is 33.6. The summed E-state index contributed by atoms with van der Waals surface area (Å²) in [6, 6.07) is 0. The Morgan fingerprint density at radius 2 is 2.31 bits per heavy atom. The first-order chi connectivity index (χ1) is 6.21. The van der Waals surface area contributed by atoms with Crippen molar-refractivity contribution >= 4 is 5.78 Å². The van der Waals surface area contributed by atoms with E-state index in [2.05, 4.69) is 25.2 Å². The first-order valence-electron chi connectivity index (χ1n) is 5.09. The molecule has 1 saturated carbocycles. The topological polar surface area (TPSA) is 17.1 Å². The molecule has 70 valence electrons. The Morgan fingerprint density at radius 3 is 3.15 bits per heavy atom. The average molecular weight is 176 g/mol. The van der Waals surface area contributed by atoms with E-state index in [1.165, 1.54) is 12.0 Å². The average Bonchev–Trinajstić information content (AvgIpc) is 2.23. The number of carbonyl (C=O) groups excluding carboxylic acids is 1. The van der Waals surface area contributed by atoms with Gasteiger partial charge in [0.15, 0.2) is 0 Å². The molecule has 0 aromatic heterocycles. The van der Waals surface area contributed by atoms with Gasteiger partial charge < -0.3 is 0 Å². The van der Waals surface area contributed by atoms with Gasteiger partial charge in [0.1, 0.15) is 5.78 Å². The van der Waals surface area contributed by atoms with Gasteiger partial charge in [0.25, 0.3) is 0 Å². The summed E-state index contributed by atoms with van der Waals surface area (Å²) < 4.78 is 0. The summed E-state index contributed by atoms with van der Waals surface area (Å²) in [5.74, 6) is 0.422. The van der Waals surface area contributed by atoms with E-state index < -0.39 is 0 Å². The molecule has 1 atom stereocenters. The van der Waals surface area contributed by atoms with Gasteiger partial charge >= 0.3 is 0 Å². The van der Waals surface area contributed by atoms with Gasteiger partial charge in [-0.3, -0.25) is 4.79 Å². The van der Waals surface area contributed by atoms with Gasteiger partial charge in [-0.25, -0.2) is 0 Å². The fourth-order valence-electron chi connectivity index (χ4n) is 2.36. The molecule has 0 unspecified atom stereocenters. The molecular weight excluding hydrogens is 160 g/mol. The number of Topliss-reactive ketones (excluding diaryl/α,β-unsaturated/α-hetero) is 1. The van der Waals surface area contributed by atoms with Crippen LogP contribution in [0.2, 0.25) is 0 Å². The highest BCUT2D eigenvalue weighted by Gasteiger charge is 2.32. The van der Waals surface area contributed by atoms with Gasteiger partial charge in [-0.2, -0.15) is 0 Å². The molecule has 13 heavy (non-hydrogen) atoms. The number of ketones is 1. The molecule has 2 rings (SSSR count). The van der Waals surface area contributed by atoms with E-state index >= 15 is 0 Å². The molecule has 0 radical (unpaired) electrons. The van der Waals surface area contributed by atoms with Gasteiger partial charge in [-0.1, -0.05) is 30.7 Å². The highest BCUT2D eigenvalue weighted by Crippen LogP contribution is 2.42. The van der Waals surface area contributed by atoms with Crippen molar-refractivity contribution in [2.45, 2.75) is 39.0 Å². The lowest BCUT2D eigenvalue weighted by atomic mass is 9.73. The molecular formula is C12H16O. The molecule has 0 aliphatic heterocycles. The lowest BCUT2D eigenvalue weighted by Crippen LogP contribution is -2.19. The van der Waals surface area contributed by atoms with E-state index in [9.17, 15) is 4.79 Å². The van der Waals surface area contributed by atoms with E-state index in [4.69, 9.17) is 0 Å². The summed E-state index contributed by atoms with van der Waals surface area (Å²) >= 11 is 0. The molecule has 2 aliphatic rings. The highest BCUT2D eigenvalue weighted by atomic mass is 16.1. The highest BCUT2D eigenvalue weighted by molar-refractivity contribution is 5.81. The molecule has 1 nitrogen and oxygen atoms in total. The predicted octanol–water partition coefficient (Wildman–Crippen LogP) is 3.02. The van der Waals surface area contributed by atoms with Gasteiger partial charge in [-0.05, 0) is 24.7 Å². The van der Waals surface area contributed by atoms with Crippen molar-refractivity contribution in [1.82, 2.24) is 0 Å². The van der Waals surface area contributed by atoms with E-state index in [0.717, 1.165) is 19.3 Å². The molecule has 1 heteroatoms. The van der Waals surface area contributed by atoms with Crippen molar-refractivity contribution < 1.29 is 4.79 Å². The van der Waals surface area contributed by atoms with Gasteiger partial charge in [0, 0.05) is 12.8 Å². The van der Waals surface area contributed by atoms with Crippen LogP contribution in [0.1, 0.15) is 39.0 Å². The minimum atomic E-state index is 0.293. The number of carbonyl (C=O) groups is 1. The Morgan fingerprint density at radius 1 is 1.46 bits per heavy atom. The summed E-state index contributed by atoms with van der Waals surface area (Å²) in [7, 11) is 0. The Labute approximate surface area is 79.5 Å². The van der Waals surface area contributed by atoms with Crippen LogP contribution in [0.4, 0.5) is 0 Å². The molecule has 0 spiro atoms. The number of hydrogen-bond acceptors (Lipinski definition) is 1. The van der Waals surface area contributed by atoms with Gasteiger partial charge in [-0.15, -0.1) is 0 Å². The fourth-order valence-corrected chi connectivity index (χ4v) is 2.36. The zero-order valence-corrected chi connectivity index (χ0v) is 8.18. The lowest BCUT2D eigenvalue weighted by molar-refractivity contribution is -0.118. The van der Waals surface area contributed by atoms with Crippen molar-refractivity contribution in [2.75, 3.05) is 0 Å². The zero-order valence-electron chi connectivity index (χ0n) is 8.18. The summed E-state index contributed by atoms with van der Waals surface area (Å²) in [6.45, 7) is 2.29. The van der Waals surface area contributed by atoms with Crippen molar-refractivity contribution in [3.8, 4) is 0 Å². The summed E-state index contributed by atoms with van der Waals surface area (Å²) in [6.07, 6.45) is 11.3. The Kier molecular flexibility index (Phi) is 2.10. The lowest BCUT2D eigenvalue weighted by Gasteiger charge is -2.31. The van der Waals surface area contributed by atoms with Crippen LogP contribution in [0.15, 0.2) is 23.8 Å². The number of fused-ring (bicyclic) bond motifs is 1. The minimum Gasteiger partial charge on any atom is -0.299 e. The zero-order chi connectivity index (χ0) is 9.31. The van der Waals surface area contributed by atoms with Crippen LogP contribution < -0.4 is 0 Å². The predicted molar refractivity (Wildman–Crippen MR) is 53.4 cm³/mol. The van der Waals surface area contributed by atoms with Crippen LogP contribution >= 0.6 is 0 Å². The van der Waals surface area contributed by atoms with Crippen molar-refractivity contribution in [3.63, 3.8) is 0 Å². The number of hydrogen-bond donors (Lipinski definition) is 0. The maximum atomic E-state index is 11.4. The molecule has 0 amide bonds. The molecule has 0 saturated heterocycles. The van der Waals surface area contributed by atoms with Gasteiger partial charge in [0.05, 0.1) is 0 Å². The van der Waals surface area contributed by atoms with E-state index in [-0.39, 0.29) is 0 Å². The first kappa shape index (κ1) is 8.74. The summed E-state index contributed by atoms with van der Waals surface area (Å²) in [5.41, 5.74) is 1.65. The second kappa shape index (κ2) is 3.13. The van der Waals surface area contributed by atoms with E-state index in [0.29, 0.717) is 17.6 Å². The molecule has 0 bridgehead atoms. The first-order valence-corrected chi connectivity index (χ1v) is 5.09. The second-order valence-electron chi connectivity index (χ2n) is 4.45. The minimum absolute atomic E-state index is 0.293. The third-order valence-electron chi connectivity index (χ3n) is 3.35. The Balaban J connectivity index is 2.29. The molecule has 1 fully saturated rings. The molecule has 0 heterocycles. The van der Waals surface area contributed by atoms with Crippen LogP contribution in [0.3, 0.4) is 0 Å². The van der Waals surface area contributed by atoms with Crippen molar-refractivity contribution in [3.05, 3.63) is 23.8 Å². The second-order valence-corrected chi connectivity index (χ2v) is 4.45. The van der Waals surface area contributed by atoms with E-state index in [1.54, 1.807) is 0 Å². The van der Waals surface area contributed by atoms with Gasteiger partial charge in [0.2, 0.25) is 0 Å². The van der Waals surface area contributed by atoms with Crippen LogP contribution in [0.5, 0.6) is 0 Å². The van der Waals surface area contributed by atoms with Crippen molar-refractivity contribution in [2.24, 2.45) is 5.41 Å². The van der Waals surface area contributed by atoms with Crippen LogP contribution in [0, 0.1) is 5.41 Å². The number of rotatable bonds is 0. The quantitative estimate of drug-likeness (QED) is 0.554. The van der Waals surface area contributed by atoms with E-state index in [1.807, 2.05) is 0 Å². The SMILES string of the molecule is C[C@]12CC=CC=C1CC(=O)CCC2. The molecule has 2 aliphatic carbocycles. The van der Waals surface area contributed by atoms with Crippen LogP contribution in [0.25, 0.3) is 0 Å². The molecule has 0 N–H and O–H groups in total. The molecule has 0 aromatic rings. The van der Waals surface area contributed by atoms with Crippen molar-refractivity contribution in [1.29, 1.82) is 0 Å². The largest absolute Gasteiger partial charge is 0.299 e. The Hall–Kier alpha value is -0.850. The monoisotopic (exact) mass is 176 g/mol. The maximum Gasteiger partial charge on any atom is 0.136 e. The standard InChI is InChI=1S/C12H16O/c1-12-7-3-2-5-10(12)9-11(13)6-4-8-12/h2-3,5H,4,6-9H2,1H3/t12-/m1/s1. The third kappa shape index (κ3) is 1.60. The maximum absolute atomic E-state index is 11.4. The number of allylic oxidation sites excluding steroid dienone is 4. The molecule has 0 aromatic carbocycles. The summed E-state index contributed by atoms with van der Waals surface area (Å²) in [4.78, 5) is 11.4. The van der Waals surface area contributed by atoms with Crippen LogP contribution in [-0.2, 0) is 4.79 Å². The summed E-state index contributed by atoms with van der Waals surface area (Å²) in [5, 5.41) is 0.